The molecular weight excluding hydrogens is 442 g/mol. The van der Waals surface area contributed by atoms with E-state index in [1.807, 2.05) is 6.92 Å². The predicted molar refractivity (Wildman–Crippen MR) is 112 cm³/mol. The van der Waals surface area contributed by atoms with Crippen LogP contribution in [0, 0.1) is 6.92 Å². The number of benzene rings is 1. The molecule has 160 valence electrons. The average molecular weight is 460 g/mol. The van der Waals surface area contributed by atoms with Gasteiger partial charge < -0.3 is 4.42 Å². The first kappa shape index (κ1) is 22.2. The van der Waals surface area contributed by atoms with Gasteiger partial charge in [0.05, 0.1) is 10.7 Å². The van der Waals surface area contributed by atoms with Crippen molar-refractivity contribution >= 4 is 40.4 Å². The fourth-order valence-electron chi connectivity index (χ4n) is 2.96. The van der Waals surface area contributed by atoms with Crippen LogP contribution in [-0.2, 0) is 6.42 Å². The Morgan fingerprint density at radius 1 is 1.37 bits per heavy atom. The third-order valence-electron chi connectivity index (χ3n) is 4.40. The summed E-state index contributed by atoms with van der Waals surface area (Å²) in [5.74, 6) is 6.51. The highest BCUT2D eigenvalue weighted by atomic mass is 35.5. The SMILES string of the molecule is C=C(/N=C(/C)N(N)c1c(C)nn2c(-c3ccc(Cl)cc3Cl)c(CC)oc12)C(F)(F)F. The number of aryl methyl sites for hydroxylation is 2. The van der Waals surface area contributed by atoms with Crippen LogP contribution in [0.3, 0.4) is 0 Å². The van der Waals surface area contributed by atoms with Gasteiger partial charge in [-0.3, -0.25) is 5.01 Å². The topological polar surface area (TPSA) is 72.1 Å². The van der Waals surface area contributed by atoms with Crippen molar-refractivity contribution in [2.45, 2.75) is 33.4 Å². The molecule has 11 heteroatoms. The number of hydrazine groups is 1. The molecule has 0 fully saturated rings. The van der Waals surface area contributed by atoms with Crippen molar-refractivity contribution in [1.29, 1.82) is 0 Å². The second-order valence-electron chi connectivity index (χ2n) is 6.48. The summed E-state index contributed by atoms with van der Waals surface area (Å²) in [6.07, 6.45) is -4.15. The fourth-order valence-corrected chi connectivity index (χ4v) is 3.46. The summed E-state index contributed by atoms with van der Waals surface area (Å²) in [7, 11) is 0. The highest BCUT2D eigenvalue weighted by Gasteiger charge is 2.33. The summed E-state index contributed by atoms with van der Waals surface area (Å²) in [4.78, 5) is 3.47. The highest BCUT2D eigenvalue weighted by molar-refractivity contribution is 6.36. The van der Waals surface area contributed by atoms with E-state index in [-0.39, 0.29) is 17.2 Å². The molecule has 0 saturated heterocycles. The minimum absolute atomic E-state index is 0.129. The van der Waals surface area contributed by atoms with E-state index in [9.17, 15) is 13.2 Å². The number of hydrogen-bond donors (Lipinski definition) is 1. The molecule has 0 saturated carbocycles. The summed E-state index contributed by atoms with van der Waals surface area (Å²) in [6, 6.07) is 5.03. The first-order valence-electron chi connectivity index (χ1n) is 8.78. The van der Waals surface area contributed by atoms with Crippen LogP contribution in [0.5, 0.6) is 0 Å². The van der Waals surface area contributed by atoms with E-state index < -0.39 is 11.9 Å². The molecule has 0 atom stereocenters. The van der Waals surface area contributed by atoms with Crippen molar-refractivity contribution in [2.24, 2.45) is 10.8 Å². The van der Waals surface area contributed by atoms with Crippen molar-refractivity contribution in [3.05, 3.63) is 52.0 Å². The van der Waals surface area contributed by atoms with E-state index in [2.05, 4.69) is 16.7 Å². The van der Waals surface area contributed by atoms with E-state index in [1.54, 1.807) is 25.1 Å². The first-order valence-corrected chi connectivity index (χ1v) is 9.53. The van der Waals surface area contributed by atoms with Crippen molar-refractivity contribution in [3.63, 3.8) is 0 Å². The molecule has 2 N–H and O–H groups in total. The third kappa shape index (κ3) is 3.92. The molecule has 6 nitrogen and oxygen atoms in total. The van der Waals surface area contributed by atoms with Crippen LogP contribution >= 0.6 is 23.2 Å². The van der Waals surface area contributed by atoms with Crippen molar-refractivity contribution in [1.82, 2.24) is 9.61 Å². The molecule has 0 bridgehead atoms. The Kier molecular flexibility index (Phi) is 5.90. The average Bonchev–Trinajstić information content (AvgIpc) is 3.14. The zero-order valence-corrected chi connectivity index (χ0v) is 17.8. The smallest absolute Gasteiger partial charge is 0.432 e. The van der Waals surface area contributed by atoms with Gasteiger partial charge >= 0.3 is 6.18 Å². The largest absolute Gasteiger partial charge is 0.439 e. The van der Waals surface area contributed by atoms with E-state index in [0.717, 1.165) is 5.01 Å². The second-order valence-corrected chi connectivity index (χ2v) is 7.32. The number of amidine groups is 1. The number of fused-ring (bicyclic) bond motifs is 1. The summed E-state index contributed by atoms with van der Waals surface area (Å²) in [6.45, 7) is 7.81. The van der Waals surface area contributed by atoms with Crippen LogP contribution < -0.4 is 10.9 Å². The standard InChI is InChI=1S/C19H18Cl2F3N5O/c1-5-15-17(13-7-6-12(20)8-14(13)21)29-18(30-15)16(9(2)27-29)28(25)11(4)26-10(3)19(22,23)24/h6-8H,3,5,25H2,1-2,4H3/b26-11-. The maximum Gasteiger partial charge on any atom is 0.432 e. The number of aliphatic imine (C=N–C) groups is 1. The van der Waals surface area contributed by atoms with E-state index >= 15 is 0 Å². The number of aromatic nitrogens is 2. The summed E-state index contributed by atoms with van der Waals surface area (Å²) < 4.78 is 45.8. The molecule has 2 heterocycles. The lowest BCUT2D eigenvalue weighted by atomic mass is 10.1. The molecule has 30 heavy (non-hydrogen) atoms. The van der Waals surface area contributed by atoms with Gasteiger partial charge in [-0.1, -0.05) is 36.7 Å². The molecule has 0 radical (unpaired) electrons. The Hall–Kier alpha value is -2.49. The molecular formula is C19H18Cl2F3N5O. The van der Waals surface area contributed by atoms with Crippen LogP contribution in [0.2, 0.25) is 10.0 Å². The number of allylic oxidation sites excluding steroid dienone is 1. The number of hydrogen-bond acceptors (Lipinski definition) is 4. The normalized spacial score (nSPS) is 12.6. The van der Waals surface area contributed by atoms with Gasteiger partial charge in [0, 0.05) is 17.0 Å². The number of rotatable bonds is 4. The molecule has 3 aromatic rings. The lowest BCUT2D eigenvalue weighted by Gasteiger charge is -2.17. The van der Waals surface area contributed by atoms with Gasteiger partial charge in [-0.05, 0) is 32.0 Å². The Morgan fingerprint density at radius 3 is 2.60 bits per heavy atom. The van der Waals surface area contributed by atoms with Gasteiger partial charge in [-0.25, -0.2) is 10.8 Å². The van der Waals surface area contributed by atoms with Gasteiger partial charge in [-0.15, -0.1) is 0 Å². The van der Waals surface area contributed by atoms with Crippen molar-refractivity contribution < 1.29 is 17.6 Å². The van der Waals surface area contributed by atoms with Gasteiger partial charge in [-0.2, -0.15) is 22.8 Å². The number of anilines is 1. The first-order chi connectivity index (χ1) is 14.0. The number of oxazole rings is 1. The maximum atomic E-state index is 12.8. The minimum Gasteiger partial charge on any atom is -0.439 e. The molecule has 0 aliphatic carbocycles. The quantitative estimate of drug-likeness (QED) is 0.226. The number of halogens is 5. The summed E-state index contributed by atoms with van der Waals surface area (Å²) >= 11 is 12.4. The zero-order valence-electron chi connectivity index (χ0n) is 16.3. The predicted octanol–water partition coefficient (Wildman–Crippen LogP) is 5.95. The molecule has 0 aliphatic rings. The van der Waals surface area contributed by atoms with E-state index in [1.165, 1.54) is 11.4 Å². The molecule has 0 spiro atoms. The van der Waals surface area contributed by atoms with Crippen molar-refractivity contribution in [3.8, 4) is 11.3 Å². The van der Waals surface area contributed by atoms with Gasteiger partial charge in [0.25, 0.3) is 0 Å². The molecule has 0 aliphatic heterocycles. The Morgan fingerprint density at radius 2 is 2.03 bits per heavy atom. The molecule has 2 aromatic heterocycles. The van der Waals surface area contributed by atoms with Gasteiger partial charge in [0.1, 0.15) is 28.7 Å². The highest BCUT2D eigenvalue weighted by Crippen LogP contribution is 2.38. The Balaban J connectivity index is 2.17. The van der Waals surface area contributed by atoms with E-state index in [4.69, 9.17) is 33.5 Å². The van der Waals surface area contributed by atoms with Gasteiger partial charge in [0.2, 0.25) is 5.71 Å². The third-order valence-corrected chi connectivity index (χ3v) is 4.95. The summed E-state index contributed by atoms with van der Waals surface area (Å²) in [5.41, 5.74) is 0.935. The van der Waals surface area contributed by atoms with Crippen LogP contribution in [0.15, 0.2) is 39.9 Å². The summed E-state index contributed by atoms with van der Waals surface area (Å²) in [5, 5.41) is 6.33. The molecule has 0 amide bonds. The van der Waals surface area contributed by atoms with E-state index in [0.29, 0.717) is 39.2 Å². The monoisotopic (exact) mass is 459 g/mol. The number of alkyl halides is 3. The lowest BCUT2D eigenvalue weighted by molar-refractivity contribution is -0.0919. The van der Waals surface area contributed by atoms with Crippen molar-refractivity contribution in [2.75, 3.05) is 5.01 Å². The maximum absolute atomic E-state index is 12.8. The van der Waals surface area contributed by atoms with Crippen LogP contribution in [0.4, 0.5) is 18.9 Å². The van der Waals surface area contributed by atoms with Gasteiger partial charge in [0.15, 0.2) is 0 Å². The minimum atomic E-state index is -4.66. The van der Waals surface area contributed by atoms with Crippen LogP contribution in [0.1, 0.15) is 25.3 Å². The molecule has 3 rings (SSSR count). The van der Waals surface area contributed by atoms with Crippen LogP contribution in [-0.4, -0.2) is 21.6 Å². The lowest BCUT2D eigenvalue weighted by Crippen LogP contribution is -2.36. The number of nitrogens with two attached hydrogens (primary N) is 1. The fraction of sp³-hybridized carbons (Fsp3) is 0.263. The number of nitrogens with zero attached hydrogens (tertiary/aromatic N) is 4. The zero-order chi connectivity index (χ0) is 22.4. The molecule has 1 aromatic carbocycles. The van der Waals surface area contributed by atoms with Crippen LogP contribution in [0.25, 0.3) is 17.0 Å². The molecule has 0 unspecified atom stereocenters. The Bertz CT molecular complexity index is 1160. The Labute approximate surface area is 180 Å². The second kappa shape index (κ2) is 7.98.